The molecular formula is C66H104N6O21. The zero-order valence-electron chi connectivity index (χ0n) is 54.0. The average Bonchev–Trinajstić information content (AvgIpc) is 1.39. The minimum Gasteiger partial charge on any atom is -0.462 e. The molecule has 2 bridgehead atoms. The van der Waals surface area contributed by atoms with Crippen LogP contribution in [0.1, 0.15) is 118 Å². The van der Waals surface area contributed by atoms with E-state index in [1.54, 1.807) is 97.7 Å². The predicted molar refractivity (Wildman–Crippen MR) is 339 cm³/mol. The number of likely N-dealkylation sites (tertiary alicyclic amines) is 2. The number of hydrogen-bond acceptors (Lipinski definition) is 22. The van der Waals surface area contributed by atoms with Crippen LogP contribution in [0.3, 0.4) is 0 Å². The van der Waals surface area contributed by atoms with Crippen LogP contribution in [-0.2, 0) is 52.5 Å². The molecule has 0 saturated carbocycles. The number of rotatable bonds is 15. The summed E-state index contributed by atoms with van der Waals surface area (Å²) in [7, 11) is 0. The number of nitrogens with one attached hydrogen (secondary N) is 3. The number of aliphatic hydroxyl groups excluding tert-OH is 9. The van der Waals surface area contributed by atoms with E-state index < -0.39 is 165 Å². The fraction of sp³-hybridized carbons (Fsp3) is 0.697. The molecule has 20 unspecified atom stereocenters. The second kappa shape index (κ2) is 40.1. The third-order valence-electron chi connectivity index (χ3n) is 17.5. The maximum atomic E-state index is 14.2. The van der Waals surface area contributed by atoms with Crippen LogP contribution in [0.4, 0.5) is 0 Å². The molecule has 0 aromatic heterocycles. The van der Waals surface area contributed by atoms with E-state index in [0.717, 1.165) is 12.8 Å². The van der Waals surface area contributed by atoms with Gasteiger partial charge in [0.15, 0.2) is 12.1 Å². The maximum absolute atomic E-state index is 14.2. The zero-order valence-corrected chi connectivity index (χ0v) is 54.0. The first-order valence-electron chi connectivity index (χ1n) is 32.7. The topological polar surface area (TPSA) is 419 Å². The quantitative estimate of drug-likeness (QED) is 0.0718. The van der Waals surface area contributed by atoms with E-state index in [2.05, 4.69) is 16.0 Å². The number of cyclic esters (lactones) is 1. The summed E-state index contributed by atoms with van der Waals surface area (Å²) >= 11 is 0. The van der Waals surface area contributed by atoms with Crippen LogP contribution < -0.4 is 21.7 Å². The predicted octanol–water partition coefficient (Wildman–Crippen LogP) is -0.614. The summed E-state index contributed by atoms with van der Waals surface area (Å²) < 4.78 is 29.6. The molecule has 27 heteroatoms. The van der Waals surface area contributed by atoms with Crippen LogP contribution in [0.5, 0.6) is 0 Å². The lowest BCUT2D eigenvalue weighted by Crippen LogP contribution is -2.62. The van der Waals surface area contributed by atoms with Crippen molar-refractivity contribution in [3.63, 3.8) is 0 Å². The molecule has 4 saturated heterocycles. The number of nitrogens with zero attached hydrogens (tertiary/aromatic N) is 2. The largest absolute Gasteiger partial charge is 0.462 e. The Morgan fingerprint density at radius 3 is 1.90 bits per heavy atom. The van der Waals surface area contributed by atoms with Crippen molar-refractivity contribution < 1.29 is 104 Å². The number of aliphatic hydroxyl groups is 10. The molecule has 524 valence electrons. The minimum atomic E-state index is -2.37. The van der Waals surface area contributed by atoms with Gasteiger partial charge >= 0.3 is 5.97 Å². The number of hydrogen-bond donors (Lipinski definition) is 14. The van der Waals surface area contributed by atoms with E-state index in [1.807, 2.05) is 13.0 Å². The summed E-state index contributed by atoms with van der Waals surface area (Å²) in [6.07, 6.45) is 5.55. The molecule has 5 rings (SSSR count). The van der Waals surface area contributed by atoms with Gasteiger partial charge in [-0.15, -0.1) is 0 Å². The fourth-order valence-electron chi connectivity index (χ4n) is 11.9. The van der Waals surface area contributed by atoms with Crippen molar-refractivity contribution >= 4 is 35.5 Å². The van der Waals surface area contributed by atoms with E-state index in [0.29, 0.717) is 32.5 Å². The molecule has 0 aromatic rings. The molecule has 5 amide bonds. The van der Waals surface area contributed by atoms with Crippen molar-refractivity contribution in [1.82, 2.24) is 25.8 Å². The van der Waals surface area contributed by atoms with Gasteiger partial charge in [-0.05, 0) is 58.8 Å². The van der Waals surface area contributed by atoms with E-state index in [-0.39, 0.29) is 89.1 Å². The lowest BCUT2D eigenvalue weighted by atomic mass is 9.82. The molecule has 0 aromatic carbocycles. The summed E-state index contributed by atoms with van der Waals surface area (Å²) in [5.74, 6) is -7.45. The second-order valence-corrected chi connectivity index (χ2v) is 25.0. The van der Waals surface area contributed by atoms with Gasteiger partial charge in [-0.3, -0.25) is 28.8 Å². The summed E-state index contributed by atoms with van der Waals surface area (Å²) in [5.41, 5.74) is 6.16. The lowest BCUT2D eigenvalue weighted by Gasteiger charge is -2.46. The SMILES string of the molecule is CC1C=CC=CC=CC=CC=CC=CC=CC(OC2OC(C)C(O)C(N)C2O)CC2OC(O)(CC(O)CC(O)C(O)CCC(O)CC(O)CC(=O)OC(C)C(C)C1O)CC(O)C2C(=O)NCCOCCNC(=O)CCC(=O)N1CCCC1C(=O)NCC(=O)N1CCCC1. The fourth-order valence-corrected chi connectivity index (χ4v) is 11.9. The van der Waals surface area contributed by atoms with Crippen LogP contribution in [0.15, 0.2) is 85.1 Å². The highest BCUT2D eigenvalue weighted by Crippen LogP contribution is 2.38. The smallest absolute Gasteiger partial charge is 0.308 e. The zero-order chi connectivity index (χ0) is 68.2. The third kappa shape index (κ3) is 26.5. The molecule has 0 radical (unpaired) electrons. The summed E-state index contributed by atoms with van der Waals surface area (Å²) in [6.45, 7) is 8.13. The third-order valence-corrected chi connectivity index (χ3v) is 17.5. The van der Waals surface area contributed by atoms with Gasteiger partial charge in [0.1, 0.15) is 18.2 Å². The first-order valence-corrected chi connectivity index (χ1v) is 32.7. The van der Waals surface area contributed by atoms with Crippen LogP contribution in [0.25, 0.3) is 0 Å². The normalized spacial score (nSPS) is 35.3. The van der Waals surface area contributed by atoms with Gasteiger partial charge < -0.3 is 106 Å². The number of amides is 5. The minimum absolute atomic E-state index is 0.00493. The summed E-state index contributed by atoms with van der Waals surface area (Å²) in [5, 5.41) is 119. The molecule has 0 spiro atoms. The Morgan fingerprint density at radius 2 is 1.25 bits per heavy atom. The molecule has 5 aliphatic heterocycles. The van der Waals surface area contributed by atoms with Crippen molar-refractivity contribution in [3.05, 3.63) is 85.1 Å². The number of carbonyl (C=O) groups excluding carboxylic acids is 6. The Bertz CT molecular complexity index is 2560. The molecular weight excluding hydrogens is 1210 g/mol. The van der Waals surface area contributed by atoms with Gasteiger partial charge in [0.25, 0.3) is 0 Å². The van der Waals surface area contributed by atoms with E-state index >= 15 is 0 Å². The number of esters is 1. The Hall–Kier alpha value is -5.60. The van der Waals surface area contributed by atoms with E-state index in [1.165, 1.54) is 11.8 Å². The number of carbonyl (C=O) groups is 6. The summed E-state index contributed by atoms with van der Waals surface area (Å²) in [6, 6.07) is -1.92. The standard InChI is InChI=1S/C66H104N6O21/c1-41-20-15-13-11-9-7-5-6-8-10-12-14-16-21-48(92-65-62(85)59(67)61(84)44(4)91-65)37-53-58(52(78)39-66(88,93-53)38-47(75)35-51(77)50(76)24-23-45(73)34-46(74)36-57(82)90-43(3)42(2)60(41)83)64(87)69-28-33-89-32-27-68-54(79)25-26-55(80)72-31-19-22-49(72)63(86)70-40-56(81)71-29-17-18-30-71/h5-16,20-21,41-53,58-62,65,73-78,83-85,88H,17-19,22-40,67H2,1-4H3,(H,68,79)(H,69,87)(H,70,86). The molecule has 5 aliphatic rings. The first kappa shape index (κ1) is 78.1. The average molecular weight is 1320 g/mol. The molecule has 4 fully saturated rings. The summed E-state index contributed by atoms with van der Waals surface area (Å²) in [4.78, 5) is 81.3. The van der Waals surface area contributed by atoms with Crippen LogP contribution >= 0.6 is 0 Å². The number of fused-ring (bicyclic) bond motifs is 2. The number of allylic oxidation sites excluding steroid dienone is 12. The second-order valence-electron chi connectivity index (χ2n) is 25.0. The molecule has 0 aliphatic carbocycles. The Balaban J connectivity index is 1.25. The van der Waals surface area contributed by atoms with Crippen LogP contribution in [0.2, 0.25) is 0 Å². The van der Waals surface area contributed by atoms with Crippen LogP contribution in [0, 0.1) is 17.8 Å². The van der Waals surface area contributed by atoms with Crippen LogP contribution in [-0.4, -0.2) is 252 Å². The highest BCUT2D eigenvalue weighted by atomic mass is 16.7. The van der Waals surface area contributed by atoms with Gasteiger partial charge in [0, 0.05) is 83.1 Å². The molecule has 20 atom stereocenters. The Labute approximate surface area is 545 Å². The van der Waals surface area contributed by atoms with Crippen molar-refractivity contribution in [3.8, 4) is 0 Å². The van der Waals surface area contributed by atoms with Crippen molar-refractivity contribution in [2.75, 3.05) is 52.5 Å². The van der Waals surface area contributed by atoms with E-state index in [9.17, 15) is 79.8 Å². The van der Waals surface area contributed by atoms with Crippen molar-refractivity contribution in [2.24, 2.45) is 23.5 Å². The van der Waals surface area contributed by atoms with Gasteiger partial charge in [-0.1, -0.05) is 98.9 Å². The monoisotopic (exact) mass is 1320 g/mol. The Morgan fingerprint density at radius 1 is 0.624 bits per heavy atom. The van der Waals surface area contributed by atoms with Gasteiger partial charge in [-0.25, -0.2) is 0 Å². The molecule has 93 heavy (non-hydrogen) atoms. The Kier molecular flexibility index (Phi) is 33.7. The van der Waals surface area contributed by atoms with Gasteiger partial charge in [0.2, 0.25) is 29.5 Å². The number of ether oxygens (including phenoxy) is 5. The highest BCUT2D eigenvalue weighted by molar-refractivity contribution is 5.92. The van der Waals surface area contributed by atoms with Gasteiger partial charge in [-0.2, -0.15) is 0 Å². The van der Waals surface area contributed by atoms with E-state index in [4.69, 9.17) is 29.4 Å². The van der Waals surface area contributed by atoms with Crippen molar-refractivity contribution in [2.45, 2.75) is 221 Å². The number of nitrogens with two attached hydrogens (primary N) is 1. The first-order chi connectivity index (χ1) is 44.3. The molecule has 15 N–H and O–H groups in total. The van der Waals surface area contributed by atoms with Crippen molar-refractivity contribution in [1.29, 1.82) is 0 Å². The molecule has 27 nitrogen and oxygen atoms in total. The van der Waals surface area contributed by atoms with Gasteiger partial charge in [0.05, 0.1) is 105 Å². The maximum Gasteiger partial charge on any atom is 0.308 e. The molecule has 5 heterocycles. The highest BCUT2D eigenvalue weighted by Gasteiger charge is 2.51. The lowest BCUT2D eigenvalue weighted by molar-refractivity contribution is -0.307.